The summed E-state index contributed by atoms with van der Waals surface area (Å²) in [7, 11) is 0. The molecule has 0 saturated carbocycles. The Kier molecular flexibility index (Phi) is 7.85. The van der Waals surface area contributed by atoms with Gasteiger partial charge in [0.05, 0.1) is 11.0 Å². The summed E-state index contributed by atoms with van der Waals surface area (Å²) in [6.07, 6.45) is 3.64. The zero-order chi connectivity index (χ0) is 41.7. The molecule has 0 atom stereocenters. The van der Waals surface area contributed by atoms with E-state index in [-0.39, 0.29) is 10.8 Å². The van der Waals surface area contributed by atoms with Crippen LogP contribution in [-0.2, 0) is 10.8 Å². The summed E-state index contributed by atoms with van der Waals surface area (Å²) >= 11 is 0. The number of aromatic nitrogens is 5. The van der Waals surface area contributed by atoms with Gasteiger partial charge in [0.15, 0.2) is 17.5 Å². The molecule has 7 aromatic carbocycles. The maximum absolute atomic E-state index is 5.30. The number of rotatable bonds is 5. The highest BCUT2D eigenvalue weighted by atomic mass is 15.0. The van der Waals surface area contributed by atoms with Crippen molar-refractivity contribution >= 4 is 21.8 Å². The van der Waals surface area contributed by atoms with Gasteiger partial charge in [-0.25, -0.2) is 15.0 Å². The fourth-order valence-electron chi connectivity index (χ4n) is 10.1. The fraction of sp³-hybridized carbons (Fsp3) is 0.105. The highest BCUT2D eigenvalue weighted by Crippen LogP contribution is 2.51. The molecule has 0 spiro atoms. The van der Waals surface area contributed by atoms with E-state index in [1.54, 1.807) is 0 Å². The van der Waals surface area contributed by atoms with E-state index in [0.717, 1.165) is 60.8 Å². The molecule has 0 amide bonds. The Morgan fingerprint density at radius 1 is 0.306 bits per heavy atom. The highest BCUT2D eigenvalue weighted by molar-refractivity contribution is 5.89. The van der Waals surface area contributed by atoms with Gasteiger partial charge in [0.1, 0.15) is 0 Å². The summed E-state index contributed by atoms with van der Waals surface area (Å²) in [6, 6.07) is 59.0. The Morgan fingerprint density at radius 2 is 0.710 bits per heavy atom. The number of pyridine rings is 2. The first-order chi connectivity index (χ1) is 30.2. The molecule has 5 heteroatoms. The van der Waals surface area contributed by atoms with Crippen molar-refractivity contribution in [2.24, 2.45) is 0 Å². The van der Waals surface area contributed by atoms with Crippen LogP contribution in [0.5, 0.6) is 0 Å². The lowest BCUT2D eigenvalue weighted by molar-refractivity contribution is 0.660. The van der Waals surface area contributed by atoms with Crippen molar-refractivity contribution in [1.82, 2.24) is 24.9 Å². The molecule has 294 valence electrons. The second kappa shape index (κ2) is 13.4. The van der Waals surface area contributed by atoms with Gasteiger partial charge in [0.25, 0.3) is 0 Å². The summed E-state index contributed by atoms with van der Waals surface area (Å²) in [6.45, 7) is 9.36. The quantitative estimate of drug-likeness (QED) is 0.174. The van der Waals surface area contributed by atoms with E-state index in [2.05, 4.69) is 177 Å². The molecular weight excluding hydrogens is 755 g/mol. The summed E-state index contributed by atoms with van der Waals surface area (Å²) in [5.74, 6) is 1.81. The van der Waals surface area contributed by atoms with E-state index in [9.17, 15) is 0 Å². The molecule has 12 rings (SSSR count). The predicted octanol–water partition coefficient (Wildman–Crippen LogP) is 13.9. The van der Waals surface area contributed by atoms with Crippen molar-refractivity contribution in [3.63, 3.8) is 0 Å². The second-order valence-electron chi connectivity index (χ2n) is 17.8. The molecule has 62 heavy (non-hydrogen) atoms. The third-order valence-corrected chi connectivity index (χ3v) is 13.4. The average molecular weight is 796 g/mol. The van der Waals surface area contributed by atoms with Crippen molar-refractivity contribution in [3.8, 4) is 78.7 Å². The van der Waals surface area contributed by atoms with E-state index in [0.29, 0.717) is 17.5 Å². The highest BCUT2D eigenvalue weighted by Gasteiger charge is 2.36. The van der Waals surface area contributed by atoms with Crippen molar-refractivity contribution in [2.75, 3.05) is 0 Å². The Labute approximate surface area is 360 Å². The van der Waals surface area contributed by atoms with E-state index in [1.807, 2.05) is 36.7 Å². The van der Waals surface area contributed by atoms with E-state index in [4.69, 9.17) is 15.0 Å². The molecule has 0 unspecified atom stereocenters. The molecule has 3 heterocycles. The molecule has 5 nitrogen and oxygen atoms in total. The lowest BCUT2D eigenvalue weighted by atomic mass is 9.81. The van der Waals surface area contributed by atoms with Gasteiger partial charge in [-0.2, -0.15) is 0 Å². The molecule has 10 aromatic rings. The zero-order valence-corrected chi connectivity index (χ0v) is 35.0. The van der Waals surface area contributed by atoms with Crippen LogP contribution in [0.1, 0.15) is 49.9 Å². The van der Waals surface area contributed by atoms with Gasteiger partial charge < -0.3 is 0 Å². The average Bonchev–Trinajstić information content (AvgIpc) is 3.69. The number of fused-ring (bicyclic) bond motifs is 8. The van der Waals surface area contributed by atoms with Gasteiger partial charge in [0, 0.05) is 50.7 Å². The van der Waals surface area contributed by atoms with Crippen LogP contribution >= 0.6 is 0 Å². The second-order valence-corrected chi connectivity index (χ2v) is 17.8. The molecule has 3 aromatic heterocycles. The van der Waals surface area contributed by atoms with Crippen LogP contribution in [0.2, 0.25) is 0 Å². The minimum absolute atomic E-state index is 0.133. The lowest BCUT2D eigenvalue weighted by Gasteiger charge is -2.22. The molecule has 0 saturated heterocycles. The van der Waals surface area contributed by atoms with Crippen molar-refractivity contribution in [1.29, 1.82) is 0 Å². The molecule has 0 N–H and O–H groups in total. The van der Waals surface area contributed by atoms with Crippen LogP contribution in [0, 0.1) is 0 Å². The monoisotopic (exact) mass is 795 g/mol. The molecule has 2 aliphatic carbocycles. The fourth-order valence-corrected chi connectivity index (χ4v) is 10.1. The number of hydrogen-bond acceptors (Lipinski definition) is 5. The smallest absolute Gasteiger partial charge is 0.164 e. The summed E-state index contributed by atoms with van der Waals surface area (Å²) in [4.78, 5) is 24.9. The number of nitrogens with zero attached hydrogens (tertiary/aromatic N) is 5. The maximum Gasteiger partial charge on any atom is 0.164 e. The first-order valence-electron chi connectivity index (χ1n) is 21.3. The van der Waals surface area contributed by atoms with Gasteiger partial charge in [-0.3, -0.25) is 9.97 Å². The van der Waals surface area contributed by atoms with E-state index < -0.39 is 0 Å². The van der Waals surface area contributed by atoms with Crippen LogP contribution in [0.15, 0.2) is 176 Å². The SMILES string of the molecule is CC1(C)c2ccccc2-c2ccc(-c3cc(-c4ccc5c(c4)C(C)(C)c4ccccc4-5)cc(-c4nc(-c5ccc6ncccc6c5)nc(-c5ccc6ncccc6c5)n4)c3)cc21. The Balaban J connectivity index is 1.08. The van der Waals surface area contributed by atoms with Crippen LogP contribution in [-0.4, -0.2) is 24.9 Å². The standard InChI is InChI=1S/C57H41N5/c1-56(2)47-15-7-5-13-43(47)45-21-17-34(32-49(45)56)40-29-41(35-18-22-46-44-14-6-8-16-48(44)57(3,4)50(46)33-35)31-42(30-40)55-61-53(38-19-23-51-36(27-38)11-9-25-58-51)60-54(62-55)39-20-24-52-37(28-39)12-10-26-59-52/h5-33H,1-4H3. The molecule has 2 aliphatic rings. The molecule has 0 bridgehead atoms. The minimum atomic E-state index is -0.133. The molecule has 0 fully saturated rings. The van der Waals surface area contributed by atoms with Crippen LogP contribution in [0.25, 0.3) is 100 Å². The van der Waals surface area contributed by atoms with Gasteiger partial charge >= 0.3 is 0 Å². The van der Waals surface area contributed by atoms with Crippen molar-refractivity contribution in [3.05, 3.63) is 198 Å². The zero-order valence-electron chi connectivity index (χ0n) is 35.0. The first-order valence-corrected chi connectivity index (χ1v) is 21.3. The predicted molar refractivity (Wildman–Crippen MR) is 253 cm³/mol. The number of benzene rings is 7. The third-order valence-electron chi connectivity index (χ3n) is 13.4. The normalized spacial score (nSPS) is 14.1. The van der Waals surface area contributed by atoms with Gasteiger partial charge in [-0.05, 0) is 146 Å². The molecule has 0 aliphatic heterocycles. The van der Waals surface area contributed by atoms with Gasteiger partial charge in [-0.1, -0.05) is 113 Å². The summed E-state index contributed by atoms with van der Waals surface area (Å²) < 4.78 is 0. The first kappa shape index (κ1) is 36.2. The Morgan fingerprint density at radius 3 is 1.19 bits per heavy atom. The lowest BCUT2D eigenvalue weighted by Crippen LogP contribution is -2.15. The van der Waals surface area contributed by atoms with Crippen LogP contribution in [0.3, 0.4) is 0 Å². The number of hydrogen-bond donors (Lipinski definition) is 0. The van der Waals surface area contributed by atoms with E-state index in [1.165, 1.54) is 44.5 Å². The Hall–Kier alpha value is -7.63. The van der Waals surface area contributed by atoms with Crippen molar-refractivity contribution in [2.45, 2.75) is 38.5 Å². The largest absolute Gasteiger partial charge is 0.256 e. The maximum atomic E-state index is 5.30. The molecular formula is C57H41N5. The van der Waals surface area contributed by atoms with Gasteiger partial charge in [0.2, 0.25) is 0 Å². The van der Waals surface area contributed by atoms with E-state index >= 15 is 0 Å². The summed E-state index contributed by atoms with van der Waals surface area (Å²) in [5.41, 5.74) is 19.4. The van der Waals surface area contributed by atoms with Gasteiger partial charge in [-0.15, -0.1) is 0 Å². The minimum Gasteiger partial charge on any atom is -0.256 e. The molecule has 0 radical (unpaired) electrons. The summed E-state index contributed by atoms with van der Waals surface area (Å²) in [5, 5.41) is 2.05. The Bertz CT molecular complexity index is 3270. The van der Waals surface area contributed by atoms with Crippen LogP contribution < -0.4 is 0 Å². The topological polar surface area (TPSA) is 64.5 Å². The third kappa shape index (κ3) is 5.65. The van der Waals surface area contributed by atoms with Crippen molar-refractivity contribution < 1.29 is 0 Å². The van der Waals surface area contributed by atoms with Crippen LogP contribution in [0.4, 0.5) is 0 Å².